The summed E-state index contributed by atoms with van der Waals surface area (Å²) in [6.07, 6.45) is 0. The summed E-state index contributed by atoms with van der Waals surface area (Å²) in [5, 5.41) is 2.96. The number of benzene rings is 3. The molecule has 0 atom stereocenters. The lowest BCUT2D eigenvalue weighted by Crippen LogP contribution is -2.27. The van der Waals surface area contributed by atoms with Gasteiger partial charge in [0.25, 0.3) is 15.9 Å². The Labute approximate surface area is 172 Å². The van der Waals surface area contributed by atoms with E-state index in [0.29, 0.717) is 16.8 Å². The van der Waals surface area contributed by atoms with Crippen molar-refractivity contribution in [3.05, 3.63) is 89.0 Å². The molecule has 0 aliphatic rings. The maximum atomic E-state index is 12.9. The second kappa shape index (κ2) is 8.09. The fourth-order valence-corrected chi connectivity index (χ4v) is 4.51. The van der Waals surface area contributed by atoms with Crippen LogP contribution in [-0.4, -0.2) is 21.4 Å². The second-order valence-corrected chi connectivity index (χ2v) is 8.98. The molecule has 5 nitrogen and oxygen atoms in total. The van der Waals surface area contributed by atoms with Crippen LogP contribution >= 0.6 is 0 Å². The number of nitrogens with zero attached hydrogens (tertiary/aromatic N) is 1. The molecule has 3 rings (SSSR count). The summed E-state index contributed by atoms with van der Waals surface area (Å²) in [7, 11) is -2.16. The number of hydrogen-bond donors (Lipinski definition) is 1. The minimum absolute atomic E-state index is 0.221. The van der Waals surface area contributed by atoms with Crippen molar-refractivity contribution in [2.45, 2.75) is 25.7 Å². The molecule has 3 aromatic carbocycles. The Kier molecular flexibility index (Phi) is 5.75. The van der Waals surface area contributed by atoms with E-state index in [2.05, 4.69) is 5.32 Å². The molecule has 3 aromatic rings. The van der Waals surface area contributed by atoms with E-state index in [4.69, 9.17) is 0 Å². The van der Waals surface area contributed by atoms with Crippen LogP contribution in [0.5, 0.6) is 0 Å². The van der Waals surface area contributed by atoms with E-state index in [0.717, 1.165) is 16.8 Å². The van der Waals surface area contributed by atoms with Crippen LogP contribution in [0.15, 0.2) is 71.6 Å². The Morgan fingerprint density at radius 1 is 0.828 bits per heavy atom. The van der Waals surface area contributed by atoms with E-state index in [1.54, 1.807) is 55.5 Å². The van der Waals surface area contributed by atoms with Crippen molar-refractivity contribution in [2.75, 3.05) is 16.7 Å². The SMILES string of the molecule is Cc1cc(C(=O)Nc2c(C)cccc2C)ccc1N(C)S(=O)(=O)c1ccccc1. The average molecular weight is 409 g/mol. The summed E-state index contributed by atoms with van der Waals surface area (Å²) < 4.78 is 27.0. The lowest BCUT2D eigenvalue weighted by Gasteiger charge is -2.22. The zero-order chi connectivity index (χ0) is 21.2. The molecule has 0 fully saturated rings. The molecule has 0 spiro atoms. The van der Waals surface area contributed by atoms with Gasteiger partial charge >= 0.3 is 0 Å². The van der Waals surface area contributed by atoms with Crippen LogP contribution < -0.4 is 9.62 Å². The number of aryl methyl sites for hydroxylation is 3. The van der Waals surface area contributed by atoms with Crippen LogP contribution in [0.1, 0.15) is 27.0 Å². The Bertz CT molecular complexity index is 1140. The first kappa shape index (κ1) is 20.6. The molecule has 0 heterocycles. The predicted molar refractivity (Wildman–Crippen MR) is 117 cm³/mol. The number of carbonyl (C=O) groups excluding carboxylic acids is 1. The van der Waals surface area contributed by atoms with Crippen LogP contribution in [-0.2, 0) is 10.0 Å². The van der Waals surface area contributed by atoms with Crippen molar-refractivity contribution in [2.24, 2.45) is 0 Å². The number of anilines is 2. The second-order valence-electron chi connectivity index (χ2n) is 7.01. The summed E-state index contributed by atoms with van der Waals surface area (Å²) >= 11 is 0. The third-order valence-electron chi connectivity index (χ3n) is 4.92. The minimum atomic E-state index is -3.67. The van der Waals surface area contributed by atoms with Gasteiger partial charge in [-0.3, -0.25) is 9.10 Å². The highest BCUT2D eigenvalue weighted by molar-refractivity contribution is 7.92. The molecule has 0 aliphatic heterocycles. The highest BCUT2D eigenvalue weighted by Crippen LogP contribution is 2.27. The quantitative estimate of drug-likeness (QED) is 0.666. The fourth-order valence-electron chi connectivity index (χ4n) is 3.23. The summed E-state index contributed by atoms with van der Waals surface area (Å²) in [5.74, 6) is -0.231. The molecular weight excluding hydrogens is 384 g/mol. The molecular formula is C23H24N2O3S. The molecule has 6 heteroatoms. The topological polar surface area (TPSA) is 66.5 Å². The number of hydrogen-bond acceptors (Lipinski definition) is 3. The number of amides is 1. The van der Waals surface area contributed by atoms with Crippen LogP contribution in [0.3, 0.4) is 0 Å². The zero-order valence-electron chi connectivity index (χ0n) is 16.9. The first-order valence-corrected chi connectivity index (χ1v) is 10.7. The number of rotatable bonds is 5. The number of nitrogens with one attached hydrogen (secondary N) is 1. The predicted octanol–water partition coefficient (Wildman–Crippen LogP) is 4.69. The Morgan fingerprint density at radius 2 is 1.45 bits per heavy atom. The summed E-state index contributed by atoms with van der Waals surface area (Å²) in [6, 6.07) is 19.1. The molecule has 1 N–H and O–H groups in total. The minimum Gasteiger partial charge on any atom is -0.322 e. The molecule has 1 amide bonds. The van der Waals surface area contributed by atoms with Crippen LogP contribution in [0.2, 0.25) is 0 Å². The fraction of sp³-hybridized carbons (Fsp3) is 0.174. The molecule has 0 saturated heterocycles. The van der Waals surface area contributed by atoms with E-state index in [1.807, 2.05) is 32.0 Å². The molecule has 0 radical (unpaired) electrons. The van der Waals surface area contributed by atoms with Crippen LogP contribution in [0.25, 0.3) is 0 Å². The van der Waals surface area contributed by atoms with Crippen molar-refractivity contribution >= 4 is 27.3 Å². The molecule has 0 unspecified atom stereocenters. The van der Waals surface area contributed by atoms with Crippen molar-refractivity contribution in [1.29, 1.82) is 0 Å². The van der Waals surface area contributed by atoms with E-state index < -0.39 is 10.0 Å². The monoisotopic (exact) mass is 408 g/mol. The van der Waals surface area contributed by atoms with Crippen LogP contribution in [0.4, 0.5) is 11.4 Å². The Balaban J connectivity index is 1.88. The first-order valence-electron chi connectivity index (χ1n) is 9.24. The first-order chi connectivity index (χ1) is 13.7. The van der Waals surface area contributed by atoms with Gasteiger partial charge in [0.1, 0.15) is 0 Å². The molecule has 0 aromatic heterocycles. The van der Waals surface area contributed by atoms with Gasteiger partial charge in [-0.15, -0.1) is 0 Å². The van der Waals surface area contributed by atoms with Crippen molar-refractivity contribution in [3.8, 4) is 0 Å². The number of carbonyl (C=O) groups is 1. The highest BCUT2D eigenvalue weighted by atomic mass is 32.2. The number of para-hydroxylation sites is 1. The normalized spacial score (nSPS) is 11.2. The maximum absolute atomic E-state index is 12.9. The maximum Gasteiger partial charge on any atom is 0.264 e. The molecule has 0 saturated carbocycles. The van der Waals surface area contributed by atoms with Gasteiger partial charge in [-0.05, 0) is 67.8 Å². The number of sulfonamides is 1. The molecule has 150 valence electrons. The van der Waals surface area contributed by atoms with Gasteiger partial charge in [0.2, 0.25) is 0 Å². The third-order valence-corrected chi connectivity index (χ3v) is 6.71. The van der Waals surface area contributed by atoms with Gasteiger partial charge in [-0.1, -0.05) is 36.4 Å². The summed E-state index contributed by atoms with van der Waals surface area (Å²) in [6.45, 7) is 5.68. The average Bonchev–Trinajstić information content (AvgIpc) is 2.70. The van der Waals surface area contributed by atoms with E-state index in [9.17, 15) is 13.2 Å². The van der Waals surface area contributed by atoms with Crippen molar-refractivity contribution in [3.63, 3.8) is 0 Å². The van der Waals surface area contributed by atoms with Crippen molar-refractivity contribution < 1.29 is 13.2 Å². The summed E-state index contributed by atoms with van der Waals surface area (Å²) in [5.41, 5.74) is 4.46. The molecule has 0 aliphatic carbocycles. The van der Waals surface area contributed by atoms with Gasteiger partial charge in [-0.25, -0.2) is 8.42 Å². The lowest BCUT2D eigenvalue weighted by atomic mass is 10.1. The molecule has 29 heavy (non-hydrogen) atoms. The summed E-state index contributed by atoms with van der Waals surface area (Å²) in [4.78, 5) is 12.9. The van der Waals surface area contributed by atoms with E-state index in [-0.39, 0.29) is 10.8 Å². The third kappa shape index (κ3) is 4.17. The van der Waals surface area contributed by atoms with Gasteiger partial charge in [0.05, 0.1) is 10.6 Å². The van der Waals surface area contributed by atoms with Gasteiger partial charge in [-0.2, -0.15) is 0 Å². The van der Waals surface area contributed by atoms with Gasteiger partial charge in [0, 0.05) is 18.3 Å². The van der Waals surface area contributed by atoms with E-state index >= 15 is 0 Å². The van der Waals surface area contributed by atoms with Gasteiger partial charge in [0.15, 0.2) is 0 Å². The highest BCUT2D eigenvalue weighted by Gasteiger charge is 2.22. The zero-order valence-corrected chi connectivity index (χ0v) is 17.7. The Morgan fingerprint density at radius 3 is 2.03 bits per heavy atom. The lowest BCUT2D eigenvalue weighted by molar-refractivity contribution is 0.102. The van der Waals surface area contributed by atoms with Crippen molar-refractivity contribution in [1.82, 2.24) is 0 Å². The standard InChI is InChI=1S/C23H24N2O3S/c1-16-9-8-10-17(2)22(16)24-23(26)19-13-14-21(18(3)15-19)25(4)29(27,28)20-11-6-5-7-12-20/h5-15H,1-4H3,(H,24,26). The van der Waals surface area contributed by atoms with E-state index in [1.165, 1.54) is 11.4 Å². The molecule has 0 bridgehead atoms. The van der Waals surface area contributed by atoms with Gasteiger partial charge < -0.3 is 5.32 Å². The van der Waals surface area contributed by atoms with Crippen LogP contribution in [0, 0.1) is 20.8 Å². The Hall–Kier alpha value is -3.12. The largest absolute Gasteiger partial charge is 0.322 e. The smallest absolute Gasteiger partial charge is 0.264 e.